The van der Waals surface area contributed by atoms with E-state index < -0.39 is 0 Å². The summed E-state index contributed by atoms with van der Waals surface area (Å²) in [5.74, 6) is 0. The fourth-order valence-electron chi connectivity index (χ4n) is 1.38. The number of rotatable bonds is 3. The first-order chi connectivity index (χ1) is 7.92. The van der Waals surface area contributed by atoms with Crippen LogP contribution in [0.2, 0.25) is 0 Å². The Balaban J connectivity index is 1.83. The lowest BCUT2D eigenvalue weighted by Gasteiger charge is -1.90. The lowest BCUT2D eigenvalue weighted by Crippen LogP contribution is -1.87. The van der Waals surface area contributed by atoms with E-state index in [4.69, 9.17) is 0 Å². The molecule has 3 heterocycles. The number of hydrogen-bond donors (Lipinski definition) is 1. The summed E-state index contributed by atoms with van der Waals surface area (Å²) in [6, 6.07) is 0. The van der Waals surface area contributed by atoms with E-state index in [-0.39, 0.29) is 0 Å². The smallest absolute Gasteiger partial charge is 0.142 e. The minimum Gasteiger partial charge on any atom is -0.348 e. The van der Waals surface area contributed by atoms with Gasteiger partial charge in [-0.15, -0.1) is 22.7 Å². The van der Waals surface area contributed by atoms with Gasteiger partial charge in [-0.2, -0.15) is 0 Å². The standard InChI is InChI=1S/C10H8N4S2/c1-2-15-10(12-1)8-5-16-9(14-8)3-7-4-11-6-13-7/h1-2,4-6H,3H2,(H,11,13). The molecule has 0 radical (unpaired) electrons. The molecule has 4 nitrogen and oxygen atoms in total. The zero-order valence-electron chi connectivity index (χ0n) is 8.25. The molecule has 1 N–H and O–H groups in total. The number of aromatic nitrogens is 4. The molecule has 80 valence electrons. The van der Waals surface area contributed by atoms with E-state index in [9.17, 15) is 0 Å². The number of imidazole rings is 1. The molecule has 0 aliphatic carbocycles. The molecule has 3 aromatic heterocycles. The third-order valence-electron chi connectivity index (χ3n) is 2.10. The van der Waals surface area contributed by atoms with Crippen LogP contribution >= 0.6 is 22.7 Å². The van der Waals surface area contributed by atoms with Crippen LogP contribution in [0.25, 0.3) is 10.7 Å². The number of H-pyrrole nitrogens is 1. The largest absolute Gasteiger partial charge is 0.348 e. The van der Waals surface area contributed by atoms with Crippen molar-refractivity contribution < 1.29 is 0 Å². The average Bonchev–Trinajstić information content (AvgIpc) is 2.99. The van der Waals surface area contributed by atoms with E-state index in [1.54, 1.807) is 35.2 Å². The molecule has 0 amide bonds. The van der Waals surface area contributed by atoms with Crippen molar-refractivity contribution in [3.05, 3.63) is 40.2 Å². The summed E-state index contributed by atoms with van der Waals surface area (Å²) in [6.45, 7) is 0. The first-order valence-electron chi connectivity index (χ1n) is 4.73. The zero-order valence-corrected chi connectivity index (χ0v) is 9.88. The van der Waals surface area contributed by atoms with Gasteiger partial charge in [-0.25, -0.2) is 15.0 Å². The van der Waals surface area contributed by atoms with Gasteiger partial charge in [-0.3, -0.25) is 0 Å². The Kier molecular flexibility index (Phi) is 2.51. The van der Waals surface area contributed by atoms with Gasteiger partial charge < -0.3 is 4.98 Å². The van der Waals surface area contributed by atoms with Crippen LogP contribution in [-0.2, 0) is 6.42 Å². The summed E-state index contributed by atoms with van der Waals surface area (Å²) >= 11 is 3.26. The summed E-state index contributed by atoms with van der Waals surface area (Å²) in [5, 5.41) is 6.06. The number of thiazole rings is 2. The Hall–Kier alpha value is -1.53. The van der Waals surface area contributed by atoms with Crippen molar-refractivity contribution in [2.45, 2.75) is 6.42 Å². The SMILES string of the molecule is c1csc(-c2csc(Cc3cnc[nH]3)n2)n1. The summed E-state index contributed by atoms with van der Waals surface area (Å²) in [4.78, 5) is 15.8. The Bertz CT molecular complexity index is 553. The van der Waals surface area contributed by atoms with E-state index in [0.717, 1.165) is 27.8 Å². The van der Waals surface area contributed by atoms with Crippen LogP contribution in [-0.4, -0.2) is 19.9 Å². The van der Waals surface area contributed by atoms with Gasteiger partial charge in [-0.05, 0) is 0 Å². The lowest BCUT2D eigenvalue weighted by molar-refractivity contribution is 1.08. The first-order valence-corrected chi connectivity index (χ1v) is 6.49. The predicted octanol–water partition coefficient (Wildman–Crippen LogP) is 2.58. The molecule has 0 aliphatic heterocycles. The number of hydrogen-bond acceptors (Lipinski definition) is 5. The van der Waals surface area contributed by atoms with Gasteiger partial charge in [-0.1, -0.05) is 0 Å². The molecule has 6 heteroatoms. The molecular formula is C10H8N4S2. The van der Waals surface area contributed by atoms with Crippen molar-refractivity contribution in [3.63, 3.8) is 0 Å². The number of nitrogens with one attached hydrogen (secondary N) is 1. The van der Waals surface area contributed by atoms with E-state index in [1.807, 2.05) is 17.0 Å². The maximum Gasteiger partial charge on any atom is 0.142 e. The molecule has 0 unspecified atom stereocenters. The van der Waals surface area contributed by atoms with Crippen molar-refractivity contribution in [2.75, 3.05) is 0 Å². The molecule has 0 aliphatic rings. The van der Waals surface area contributed by atoms with E-state index >= 15 is 0 Å². The maximum atomic E-state index is 4.55. The van der Waals surface area contributed by atoms with Gasteiger partial charge >= 0.3 is 0 Å². The van der Waals surface area contributed by atoms with E-state index in [2.05, 4.69) is 19.9 Å². The second-order valence-corrected chi connectivity index (χ2v) is 5.05. The first kappa shape index (κ1) is 9.68. The normalized spacial score (nSPS) is 10.8. The van der Waals surface area contributed by atoms with Crippen molar-refractivity contribution in [1.82, 2.24) is 19.9 Å². The van der Waals surface area contributed by atoms with Gasteiger partial charge in [0.1, 0.15) is 10.7 Å². The highest BCUT2D eigenvalue weighted by molar-refractivity contribution is 7.14. The third-order valence-corrected chi connectivity index (χ3v) is 3.74. The summed E-state index contributed by atoms with van der Waals surface area (Å²) in [5.41, 5.74) is 2.05. The number of nitrogens with zero attached hydrogens (tertiary/aromatic N) is 3. The van der Waals surface area contributed by atoms with Gasteiger partial charge in [0, 0.05) is 35.3 Å². The second kappa shape index (κ2) is 4.15. The highest BCUT2D eigenvalue weighted by Crippen LogP contribution is 2.24. The highest BCUT2D eigenvalue weighted by atomic mass is 32.1. The van der Waals surface area contributed by atoms with Crippen molar-refractivity contribution >= 4 is 22.7 Å². The Labute approximate surface area is 100 Å². The maximum absolute atomic E-state index is 4.55. The van der Waals surface area contributed by atoms with Gasteiger partial charge in [0.25, 0.3) is 0 Å². The highest BCUT2D eigenvalue weighted by Gasteiger charge is 2.07. The summed E-state index contributed by atoms with van der Waals surface area (Å²) < 4.78 is 0. The fraction of sp³-hybridized carbons (Fsp3) is 0.100. The summed E-state index contributed by atoms with van der Waals surface area (Å²) in [6.07, 6.45) is 6.11. The second-order valence-electron chi connectivity index (χ2n) is 3.22. The van der Waals surface area contributed by atoms with Crippen molar-refractivity contribution in [2.24, 2.45) is 0 Å². The molecule has 0 fully saturated rings. The van der Waals surface area contributed by atoms with Gasteiger partial charge in [0.05, 0.1) is 11.3 Å². The predicted molar refractivity (Wildman–Crippen MR) is 64.6 cm³/mol. The minimum absolute atomic E-state index is 0.802. The molecule has 0 saturated heterocycles. The van der Waals surface area contributed by atoms with Gasteiger partial charge in [0.15, 0.2) is 0 Å². The molecule has 0 saturated carbocycles. The molecule has 0 spiro atoms. The molecule has 0 atom stereocenters. The molecule has 0 aromatic carbocycles. The van der Waals surface area contributed by atoms with Crippen LogP contribution in [0.3, 0.4) is 0 Å². The molecule has 16 heavy (non-hydrogen) atoms. The van der Waals surface area contributed by atoms with Crippen LogP contribution in [0.15, 0.2) is 29.5 Å². The third kappa shape index (κ3) is 1.89. The zero-order chi connectivity index (χ0) is 10.8. The summed E-state index contributed by atoms with van der Waals surface area (Å²) in [7, 11) is 0. The van der Waals surface area contributed by atoms with Crippen LogP contribution in [0.5, 0.6) is 0 Å². The number of aromatic amines is 1. The Morgan fingerprint density at radius 2 is 2.31 bits per heavy atom. The molecule has 3 rings (SSSR count). The topological polar surface area (TPSA) is 54.5 Å². The van der Waals surface area contributed by atoms with Crippen LogP contribution in [0.4, 0.5) is 0 Å². The van der Waals surface area contributed by atoms with Crippen LogP contribution < -0.4 is 0 Å². The monoisotopic (exact) mass is 248 g/mol. The fourth-order valence-corrected chi connectivity index (χ4v) is 2.86. The lowest BCUT2D eigenvalue weighted by atomic mass is 10.3. The molecule has 0 bridgehead atoms. The Morgan fingerprint density at radius 3 is 3.06 bits per heavy atom. The minimum atomic E-state index is 0.802. The van der Waals surface area contributed by atoms with Crippen LogP contribution in [0.1, 0.15) is 10.7 Å². The molecular weight excluding hydrogens is 240 g/mol. The van der Waals surface area contributed by atoms with Crippen LogP contribution in [0, 0.1) is 0 Å². The quantitative estimate of drug-likeness (QED) is 0.775. The van der Waals surface area contributed by atoms with E-state index in [0.29, 0.717) is 0 Å². The average molecular weight is 248 g/mol. The van der Waals surface area contributed by atoms with Crippen molar-refractivity contribution in [1.29, 1.82) is 0 Å². The van der Waals surface area contributed by atoms with E-state index in [1.165, 1.54) is 0 Å². The molecule has 3 aromatic rings. The Morgan fingerprint density at radius 1 is 1.31 bits per heavy atom. The van der Waals surface area contributed by atoms with Crippen molar-refractivity contribution in [3.8, 4) is 10.7 Å². The van der Waals surface area contributed by atoms with Gasteiger partial charge in [0.2, 0.25) is 0 Å².